The van der Waals surface area contributed by atoms with Gasteiger partial charge in [0.15, 0.2) is 0 Å². The molecule has 2 aromatic carbocycles. The third-order valence-corrected chi connectivity index (χ3v) is 6.84. The van der Waals surface area contributed by atoms with Crippen molar-refractivity contribution in [1.29, 1.82) is 0 Å². The van der Waals surface area contributed by atoms with Crippen LogP contribution in [0.15, 0.2) is 48.5 Å². The number of nitrogens with zero attached hydrogens (tertiary/aromatic N) is 2. The summed E-state index contributed by atoms with van der Waals surface area (Å²) in [5.74, 6) is -0.579. The van der Waals surface area contributed by atoms with Gasteiger partial charge in [0.25, 0.3) is 0 Å². The molecule has 0 fully saturated rings. The smallest absolute Gasteiger partial charge is 0.247 e. The Hall–Kier alpha value is -2.30. The van der Waals surface area contributed by atoms with E-state index >= 15 is 0 Å². The van der Waals surface area contributed by atoms with Gasteiger partial charge in [-0.3, -0.25) is 13.4 Å². The molecule has 1 N–H and O–H groups in total. The number of rotatable bonds is 7. The molecule has 29 heavy (non-hydrogen) atoms. The number of halogens is 1. The Balaban J connectivity index is 2.30. The van der Waals surface area contributed by atoms with E-state index in [9.17, 15) is 21.6 Å². The maximum absolute atomic E-state index is 12.7. The number of amides is 1. The van der Waals surface area contributed by atoms with Crippen molar-refractivity contribution in [2.75, 3.05) is 33.5 Å². The van der Waals surface area contributed by atoms with E-state index in [0.717, 1.165) is 21.1 Å². The van der Waals surface area contributed by atoms with Crippen LogP contribution >= 0.6 is 11.6 Å². The summed E-state index contributed by atoms with van der Waals surface area (Å²) in [6.45, 7) is 1.46. The number of sulfonamides is 2. The molecule has 1 amide bonds. The van der Waals surface area contributed by atoms with Crippen molar-refractivity contribution < 1.29 is 21.6 Å². The Bertz CT molecular complexity index is 1100. The van der Waals surface area contributed by atoms with Crippen molar-refractivity contribution in [3.05, 3.63) is 53.6 Å². The molecule has 0 aliphatic rings. The quantitative estimate of drug-likeness (QED) is 0.685. The second kappa shape index (κ2) is 8.60. The predicted molar refractivity (Wildman–Crippen MR) is 117 cm³/mol. The van der Waals surface area contributed by atoms with E-state index in [0.29, 0.717) is 22.1 Å². The Kier molecular flexibility index (Phi) is 6.82. The summed E-state index contributed by atoms with van der Waals surface area (Å²) in [5, 5.41) is 3.07. The van der Waals surface area contributed by atoms with Gasteiger partial charge in [0.05, 0.1) is 23.9 Å². The van der Waals surface area contributed by atoms with Crippen molar-refractivity contribution in [3.8, 4) is 0 Å². The van der Waals surface area contributed by atoms with Crippen molar-refractivity contribution in [3.63, 3.8) is 0 Å². The molecular formula is C18H22ClN3O5S2. The van der Waals surface area contributed by atoms with Crippen LogP contribution in [-0.4, -0.2) is 48.3 Å². The zero-order chi connectivity index (χ0) is 22.0. The maximum atomic E-state index is 12.7. The van der Waals surface area contributed by atoms with Gasteiger partial charge in [0, 0.05) is 17.8 Å². The van der Waals surface area contributed by atoms with Gasteiger partial charge in [-0.2, -0.15) is 0 Å². The first-order valence-electron chi connectivity index (χ1n) is 8.40. The van der Waals surface area contributed by atoms with Gasteiger partial charge in [0.1, 0.15) is 6.04 Å². The standard InChI is InChI=1S/C18H22ClN3O5S2/c1-13(22(29(4,26)27)16-10-8-14(19)9-11-16)18(23)20-15-6-5-7-17(12-15)21(2)28(3,24)25/h5-13H,1-4H3,(H,20,23)/t13-/m1/s1. The van der Waals surface area contributed by atoms with Crippen LogP contribution < -0.4 is 13.9 Å². The summed E-state index contributed by atoms with van der Waals surface area (Å²) >= 11 is 5.86. The fourth-order valence-corrected chi connectivity index (χ4v) is 4.41. The van der Waals surface area contributed by atoms with Crippen molar-refractivity contribution >= 4 is 54.6 Å². The Morgan fingerprint density at radius 2 is 1.55 bits per heavy atom. The van der Waals surface area contributed by atoms with Crippen LogP contribution in [0.25, 0.3) is 0 Å². The SMILES string of the molecule is C[C@H](C(=O)Nc1cccc(N(C)S(C)(=O)=O)c1)N(c1ccc(Cl)cc1)S(C)(=O)=O. The summed E-state index contributed by atoms with van der Waals surface area (Å²) in [7, 11) is -5.84. The van der Waals surface area contributed by atoms with E-state index in [1.165, 1.54) is 44.3 Å². The zero-order valence-corrected chi connectivity index (χ0v) is 18.7. The molecule has 0 aliphatic heterocycles. The molecule has 11 heteroatoms. The molecule has 0 aliphatic carbocycles. The average Bonchev–Trinajstić information content (AvgIpc) is 2.61. The van der Waals surface area contributed by atoms with Crippen LogP contribution in [0.1, 0.15) is 6.92 Å². The lowest BCUT2D eigenvalue weighted by Gasteiger charge is -2.28. The minimum absolute atomic E-state index is 0.296. The van der Waals surface area contributed by atoms with Gasteiger partial charge in [-0.05, 0) is 49.4 Å². The van der Waals surface area contributed by atoms with Gasteiger partial charge in [-0.25, -0.2) is 16.8 Å². The molecule has 8 nitrogen and oxygen atoms in total. The Morgan fingerprint density at radius 1 is 0.966 bits per heavy atom. The molecule has 0 aromatic heterocycles. The molecule has 0 radical (unpaired) electrons. The van der Waals surface area contributed by atoms with Crippen LogP contribution in [0.5, 0.6) is 0 Å². The van der Waals surface area contributed by atoms with Crippen LogP contribution in [0.3, 0.4) is 0 Å². The molecule has 0 unspecified atom stereocenters. The summed E-state index contributed by atoms with van der Waals surface area (Å²) in [6, 6.07) is 11.2. The highest BCUT2D eigenvalue weighted by Crippen LogP contribution is 2.25. The average molecular weight is 460 g/mol. The summed E-state index contributed by atoms with van der Waals surface area (Å²) in [4.78, 5) is 12.7. The zero-order valence-electron chi connectivity index (χ0n) is 16.3. The third kappa shape index (κ3) is 5.84. The molecule has 0 saturated heterocycles. The Morgan fingerprint density at radius 3 is 2.07 bits per heavy atom. The van der Waals surface area contributed by atoms with Gasteiger partial charge in [0.2, 0.25) is 26.0 Å². The minimum Gasteiger partial charge on any atom is -0.324 e. The first-order valence-corrected chi connectivity index (χ1v) is 12.5. The van der Waals surface area contributed by atoms with E-state index in [1.54, 1.807) is 18.2 Å². The highest BCUT2D eigenvalue weighted by Gasteiger charge is 2.29. The number of hydrogen-bond donors (Lipinski definition) is 1. The maximum Gasteiger partial charge on any atom is 0.247 e. The summed E-state index contributed by atoms with van der Waals surface area (Å²) < 4.78 is 50.1. The highest BCUT2D eigenvalue weighted by atomic mass is 35.5. The largest absolute Gasteiger partial charge is 0.324 e. The lowest BCUT2D eigenvalue weighted by molar-refractivity contribution is -0.116. The number of benzene rings is 2. The number of nitrogens with one attached hydrogen (secondary N) is 1. The molecule has 0 heterocycles. The van der Waals surface area contributed by atoms with Crippen molar-refractivity contribution in [2.24, 2.45) is 0 Å². The predicted octanol–water partition coefficient (Wildman–Crippen LogP) is 2.53. The van der Waals surface area contributed by atoms with Crippen molar-refractivity contribution in [1.82, 2.24) is 0 Å². The molecule has 2 aromatic rings. The third-order valence-electron chi connectivity index (χ3n) is 4.14. The Labute approximate surface area is 176 Å². The fourth-order valence-electron chi connectivity index (χ4n) is 2.61. The number of carbonyl (C=O) groups is 1. The monoisotopic (exact) mass is 459 g/mol. The fraction of sp³-hybridized carbons (Fsp3) is 0.278. The van der Waals surface area contributed by atoms with E-state index in [4.69, 9.17) is 11.6 Å². The topological polar surface area (TPSA) is 104 Å². The van der Waals surface area contributed by atoms with Gasteiger partial charge in [-0.15, -0.1) is 0 Å². The van der Waals surface area contributed by atoms with Gasteiger partial charge < -0.3 is 5.32 Å². The lowest BCUT2D eigenvalue weighted by atomic mass is 10.2. The molecule has 0 spiro atoms. The first kappa shape index (κ1) is 23.0. The summed E-state index contributed by atoms with van der Waals surface area (Å²) in [6.07, 6.45) is 2.07. The van der Waals surface area contributed by atoms with Crippen molar-refractivity contribution in [2.45, 2.75) is 13.0 Å². The molecular weight excluding hydrogens is 438 g/mol. The summed E-state index contributed by atoms with van der Waals surface area (Å²) in [5.41, 5.74) is 0.986. The second-order valence-electron chi connectivity index (χ2n) is 6.48. The minimum atomic E-state index is -3.77. The normalized spacial score (nSPS) is 12.9. The molecule has 158 valence electrons. The molecule has 1 atom stereocenters. The first-order chi connectivity index (χ1) is 13.3. The lowest BCUT2D eigenvalue weighted by Crippen LogP contribution is -2.45. The molecule has 2 rings (SSSR count). The molecule has 0 saturated carbocycles. The number of hydrogen-bond acceptors (Lipinski definition) is 5. The second-order valence-corrected chi connectivity index (χ2v) is 10.8. The molecule has 0 bridgehead atoms. The van der Waals surface area contributed by atoms with E-state index in [1.807, 2.05) is 0 Å². The van der Waals surface area contributed by atoms with Crippen LogP contribution in [-0.2, 0) is 24.8 Å². The van der Waals surface area contributed by atoms with Gasteiger partial charge in [-0.1, -0.05) is 17.7 Å². The van der Waals surface area contributed by atoms with Crippen LogP contribution in [0, 0.1) is 0 Å². The number of anilines is 3. The number of carbonyl (C=O) groups excluding carboxylic acids is 1. The van der Waals surface area contributed by atoms with E-state index in [-0.39, 0.29) is 0 Å². The van der Waals surface area contributed by atoms with Gasteiger partial charge >= 0.3 is 0 Å². The van der Waals surface area contributed by atoms with E-state index < -0.39 is 32.0 Å². The van der Waals surface area contributed by atoms with Crippen LogP contribution in [0.4, 0.5) is 17.1 Å². The van der Waals surface area contributed by atoms with E-state index in [2.05, 4.69) is 5.32 Å². The van der Waals surface area contributed by atoms with Crippen LogP contribution in [0.2, 0.25) is 5.02 Å². The highest BCUT2D eigenvalue weighted by molar-refractivity contribution is 7.92.